The van der Waals surface area contributed by atoms with E-state index in [0.29, 0.717) is 34.5 Å². The first-order chi connectivity index (χ1) is 23.9. The van der Waals surface area contributed by atoms with Crippen molar-refractivity contribution >= 4 is 65.9 Å². The predicted molar refractivity (Wildman–Crippen MR) is 211 cm³/mol. The Balaban J connectivity index is 1.53. The van der Waals surface area contributed by atoms with Crippen molar-refractivity contribution in [2.75, 3.05) is 6.54 Å². The lowest BCUT2D eigenvalue weighted by molar-refractivity contribution is 0.372. The summed E-state index contributed by atoms with van der Waals surface area (Å²) in [5, 5.41) is 36.5. The van der Waals surface area contributed by atoms with E-state index < -0.39 is 17.2 Å². The van der Waals surface area contributed by atoms with Gasteiger partial charge in [0.05, 0.1) is 12.3 Å². The first kappa shape index (κ1) is 32.8. The number of fused-ring (bicyclic) bond motifs is 3. The Morgan fingerprint density at radius 2 is 1.47 bits per heavy atom. The molecule has 0 bridgehead atoms. The standard InChI is InChI=1S/C41H35B2N3O3/c1-2-21-44-23-20-26-11-3-8-19-34(46-41(45-22-10-12-26)35-36(42)38(47)40(49)39(48)37(35)43)29-15-9-14-27(24-29)33-25-28-13-4-5-16-30(28)31-17-6-7-18-32(31)33/h2,4-21,23-25,47-49H,1,3,22,42-43H2/b12-10-,19-8+,23-20+,26-11+,44-21-,45-41-,46-34+. The van der Waals surface area contributed by atoms with Crippen LogP contribution in [0.25, 0.3) is 32.7 Å². The zero-order chi connectivity index (χ0) is 34.3. The molecular weight excluding hydrogens is 604 g/mol. The van der Waals surface area contributed by atoms with E-state index in [0.717, 1.165) is 33.0 Å². The molecule has 5 aromatic rings. The van der Waals surface area contributed by atoms with Crippen molar-refractivity contribution in [3.8, 4) is 28.4 Å². The van der Waals surface area contributed by atoms with E-state index in [9.17, 15) is 15.3 Å². The minimum Gasteiger partial charge on any atom is -0.505 e. The number of hydrogen-bond donors (Lipinski definition) is 3. The van der Waals surface area contributed by atoms with Crippen molar-refractivity contribution in [2.24, 2.45) is 15.0 Å². The first-order valence-corrected chi connectivity index (χ1v) is 16.1. The monoisotopic (exact) mass is 639 g/mol. The summed E-state index contributed by atoms with van der Waals surface area (Å²) in [6.07, 6.45) is 17.5. The third-order valence-electron chi connectivity index (χ3n) is 8.56. The number of aromatic hydroxyl groups is 3. The second kappa shape index (κ2) is 14.7. The number of phenolic OH excluding ortho intramolecular Hbond substituents is 3. The molecule has 6 nitrogen and oxygen atoms in total. The summed E-state index contributed by atoms with van der Waals surface area (Å²) in [5.41, 5.74) is 5.84. The van der Waals surface area contributed by atoms with Crippen LogP contribution in [0, 0.1) is 0 Å². The fourth-order valence-electron chi connectivity index (χ4n) is 6.09. The molecule has 49 heavy (non-hydrogen) atoms. The molecule has 0 saturated carbocycles. The number of aliphatic imine (C=N–C) groups is 3. The maximum atomic E-state index is 10.7. The summed E-state index contributed by atoms with van der Waals surface area (Å²) in [5.74, 6) is -1.05. The van der Waals surface area contributed by atoms with Gasteiger partial charge in [0, 0.05) is 23.5 Å². The number of hydrogen-bond acceptors (Lipinski definition) is 6. The van der Waals surface area contributed by atoms with Crippen molar-refractivity contribution in [3.63, 3.8) is 0 Å². The van der Waals surface area contributed by atoms with E-state index in [1.807, 2.05) is 42.5 Å². The summed E-state index contributed by atoms with van der Waals surface area (Å²) in [6, 6.07) is 27.4. The Kier molecular flexibility index (Phi) is 9.86. The summed E-state index contributed by atoms with van der Waals surface area (Å²) in [7, 11) is 3.36. The molecule has 0 atom stereocenters. The Hall–Kier alpha value is -6.14. The smallest absolute Gasteiger partial charge is 0.199 e. The number of phenols is 3. The van der Waals surface area contributed by atoms with Crippen molar-refractivity contribution < 1.29 is 15.3 Å². The molecule has 8 heteroatoms. The summed E-state index contributed by atoms with van der Waals surface area (Å²) in [6.45, 7) is 3.94. The Bertz CT molecular complexity index is 2280. The highest BCUT2D eigenvalue weighted by Gasteiger charge is 2.22. The molecule has 0 unspecified atom stereocenters. The predicted octanol–water partition coefficient (Wildman–Crippen LogP) is 5.74. The molecule has 1 aliphatic rings. The number of nitrogens with zero attached hydrogens (tertiary/aromatic N) is 3. The molecule has 6 rings (SSSR count). The third-order valence-corrected chi connectivity index (χ3v) is 8.56. The minimum absolute atomic E-state index is 0.279. The molecule has 3 N–H and O–H groups in total. The molecule has 0 spiro atoms. The lowest BCUT2D eigenvalue weighted by atomic mass is 9.78. The molecule has 1 aliphatic heterocycles. The van der Waals surface area contributed by atoms with Crippen LogP contribution in [0.2, 0.25) is 0 Å². The van der Waals surface area contributed by atoms with Crippen LogP contribution in [-0.2, 0) is 0 Å². The van der Waals surface area contributed by atoms with Crippen molar-refractivity contribution in [1.82, 2.24) is 0 Å². The number of amidine groups is 1. The SMILES string of the molecule is Bc1c(O)c(O)c(O)c(B)c1C1=N/C\C=C/C(/C=C/N=C\C=C)=C\C/C=C/C(c2cccc(-c3cc4ccccc4c4ccccc34)c2)=N\1. The molecular formula is C41H35B2N3O3. The van der Waals surface area contributed by atoms with Gasteiger partial charge in [-0.15, -0.1) is 0 Å². The van der Waals surface area contributed by atoms with Crippen LogP contribution in [0.3, 0.4) is 0 Å². The fraction of sp³-hybridized carbons (Fsp3) is 0.0488. The average Bonchev–Trinajstić information content (AvgIpc) is 3.13. The molecule has 0 radical (unpaired) electrons. The van der Waals surface area contributed by atoms with E-state index in [-0.39, 0.29) is 6.54 Å². The largest absolute Gasteiger partial charge is 0.505 e. The molecule has 5 aromatic carbocycles. The van der Waals surface area contributed by atoms with Crippen LogP contribution < -0.4 is 10.9 Å². The van der Waals surface area contributed by atoms with Crippen LogP contribution in [0.1, 0.15) is 17.5 Å². The van der Waals surface area contributed by atoms with Crippen molar-refractivity contribution in [3.05, 3.63) is 151 Å². The molecule has 0 aliphatic carbocycles. The van der Waals surface area contributed by atoms with E-state index in [1.54, 1.807) is 34.2 Å². The van der Waals surface area contributed by atoms with Gasteiger partial charge < -0.3 is 15.3 Å². The number of rotatable bonds is 6. The number of allylic oxidation sites excluding steroid dienone is 7. The van der Waals surface area contributed by atoms with Gasteiger partial charge in [0.15, 0.2) is 23.1 Å². The van der Waals surface area contributed by atoms with Gasteiger partial charge in [-0.05, 0) is 79.9 Å². The summed E-state index contributed by atoms with van der Waals surface area (Å²) < 4.78 is 0. The van der Waals surface area contributed by atoms with Crippen LogP contribution >= 0.6 is 0 Å². The molecule has 1 heterocycles. The van der Waals surface area contributed by atoms with Gasteiger partial charge in [-0.3, -0.25) is 9.98 Å². The maximum Gasteiger partial charge on any atom is 0.199 e. The normalized spacial score (nSPS) is 18.6. The average molecular weight is 639 g/mol. The van der Waals surface area contributed by atoms with Crippen molar-refractivity contribution in [2.45, 2.75) is 6.42 Å². The van der Waals surface area contributed by atoms with Crippen LogP contribution in [-0.4, -0.2) is 55.3 Å². The van der Waals surface area contributed by atoms with Crippen LogP contribution in [0.5, 0.6) is 17.2 Å². The molecule has 0 saturated heterocycles. The topological polar surface area (TPSA) is 97.8 Å². The lowest BCUT2D eigenvalue weighted by Crippen LogP contribution is -2.28. The molecule has 238 valence electrons. The Morgan fingerprint density at radius 3 is 2.24 bits per heavy atom. The Labute approximate surface area is 287 Å². The third kappa shape index (κ3) is 6.94. The molecule has 0 amide bonds. The van der Waals surface area contributed by atoms with Gasteiger partial charge in [0.1, 0.15) is 15.7 Å². The molecule has 0 aromatic heterocycles. The minimum atomic E-state index is -0.563. The van der Waals surface area contributed by atoms with Crippen molar-refractivity contribution in [1.29, 1.82) is 0 Å². The van der Waals surface area contributed by atoms with Gasteiger partial charge in [-0.1, -0.05) is 104 Å². The summed E-state index contributed by atoms with van der Waals surface area (Å²) in [4.78, 5) is 14.1. The van der Waals surface area contributed by atoms with Gasteiger partial charge >= 0.3 is 0 Å². The number of benzene rings is 5. The highest BCUT2D eigenvalue weighted by molar-refractivity contribution is 6.48. The lowest BCUT2D eigenvalue weighted by Gasteiger charge is -2.16. The second-order valence-electron chi connectivity index (χ2n) is 11.7. The van der Waals surface area contributed by atoms with Gasteiger partial charge in [-0.25, -0.2) is 4.99 Å². The van der Waals surface area contributed by atoms with Gasteiger partial charge in [0.2, 0.25) is 0 Å². The van der Waals surface area contributed by atoms with Crippen LogP contribution in [0.15, 0.2) is 155 Å². The Morgan fingerprint density at radius 1 is 0.755 bits per heavy atom. The molecule has 0 fully saturated rings. The first-order valence-electron chi connectivity index (χ1n) is 16.1. The highest BCUT2D eigenvalue weighted by atomic mass is 16.3. The summed E-state index contributed by atoms with van der Waals surface area (Å²) >= 11 is 0. The maximum absolute atomic E-state index is 10.7. The van der Waals surface area contributed by atoms with Gasteiger partial charge in [-0.2, -0.15) is 0 Å². The zero-order valence-electron chi connectivity index (χ0n) is 27.5. The fourth-order valence-corrected chi connectivity index (χ4v) is 6.09. The van der Waals surface area contributed by atoms with E-state index >= 15 is 0 Å². The zero-order valence-corrected chi connectivity index (χ0v) is 27.5. The van der Waals surface area contributed by atoms with Crippen LogP contribution in [0.4, 0.5) is 0 Å². The quantitative estimate of drug-likeness (QED) is 0.0957. The highest BCUT2D eigenvalue weighted by Crippen LogP contribution is 2.35. The van der Waals surface area contributed by atoms with E-state index in [2.05, 4.69) is 84.4 Å². The van der Waals surface area contributed by atoms with Gasteiger partial charge in [0.25, 0.3) is 0 Å². The van der Waals surface area contributed by atoms with E-state index in [4.69, 9.17) is 9.98 Å². The second-order valence-corrected chi connectivity index (χ2v) is 11.7. The van der Waals surface area contributed by atoms with E-state index in [1.165, 1.54) is 10.8 Å².